The number of ether oxygens (including phenoxy) is 1. The first-order valence-electron chi connectivity index (χ1n) is 12.5. The Morgan fingerprint density at radius 3 is 1.95 bits per heavy atom. The minimum absolute atomic E-state index is 0.146. The molecule has 38 heavy (non-hydrogen) atoms. The summed E-state index contributed by atoms with van der Waals surface area (Å²) in [6.07, 6.45) is 0. The standard InChI is InChI=1S/C22H18Cl2N2O2.C8H10N2/c23-17-12-16(13-18(24)21(17)28-14-15-6-2-1-3-7-15)22(27)26-11-10-25-19-8-4-5-9-20(19)26;1-2-4-8-7(3-1)9-5-6-10-8/h1-9,12-13,25H,10-11,14H2;1-4,9-10H,5-6H2. The zero-order valence-corrected chi connectivity index (χ0v) is 22.2. The zero-order valence-electron chi connectivity index (χ0n) is 20.7. The summed E-state index contributed by atoms with van der Waals surface area (Å²) in [6, 6.07) is 28.9. The van der Waals surface area contributed by atoms with Gasteiger partial charge in [-0.3, -0.25) is 4.79 Å². The van der Waals surface area contributed by atoms with E-state index in [-0.39, 0.29) is 5.91 Å². The van der Waals surface area contributed by atoms with Crippen molar-refractivity contribution < 1.29 is 9.53 Å². The van der Waals surface area contributed by atoms with Gasteiger partial charge in [-0.25, -0.2) is 0 Å². The van der Waals surface area contributed by atoms with Crippen molar-refractivity contribution in [2.24, 2.45) is 0 Å². The number of para-hydroxylation sites is 4. The van der Waals surface area contributed by atoms with Crippen LogP contribution in [0.3, 0.4) is 0 Å². The summed E-state index contributed by atoms with van der Waals surface area (Å²) in [5, 5.41) is 10.5. The number of rotatable bonds is 4. The van der Waals surface area contributed by atoms with Crippen molar-refractivity contribution in [2.75, 3.05) is 47.0 Å². The number of nitrogens with zero attached hydrogens (tertiary/aromatic N) is 1. The second-order valence-corrected chi connectivity index (χ2v) is 9.66. The quantitative estimate of drug-likeness (QED) is 0.253. The molecule has 0 aromatic heterocycles. The van der Waals surface area contributed by atoms with Crippen LogP contribution < -0.4 is 25.6 Å². The first-order valence-corrected chi connectivity index (χ1v) is 13.2. The van der Waals surface area contributed by atoms with Gasteiger partial charge in [0.2, 0.25) is 0 Å². The summed E-state index contributed by atoms with van der Waals surface area (Å²) in [6.45, 7) is 3.65. The van der Waals surface area contributed by atoms with Gasteiger partial charge in [-0.05, 0) is 42.0 Å². The lowest BCUT2D eigenvalue weighted by Crippen LogP contribution is -2.38. The Kier molecular flexibility index (Phi) is 8.22. The molecular weight excluding hydrogens is 519 g/mol. The highest BCUT2D eigenvalue weighted by atomic mass is 35.5. The number of halogens is 2. The first kappa shape index (κ1) is 25.8. The second-order valence-electron chi connectivity index (χ2n) is 8.84. The molecule has 2 aliphatic rings. The molecule has 1 amide bonds. The predicted octanol–water partition coefficient (Wildman–Crippen LogP) is 7.17. The van der Waals surface area contributed by atoms with Gasteiger partial charge in [0.1, 0.15) is 6.61 Å². The molecule has 194 valence electrons. The third-order valence-electron chi connectivity index (χ3n) is 6.25. The van der Waals surface area contributed by atoms with Crippen molar-refractivity contribution in [3.05, 3.63) is 112 Å². The number of nitrogens with one attached hydrogen (secondary N) is 3. The number of amides is 1. The van der Waals surface area contributed by atoms with E-state index in [0.29, 0.717) is 41.1 Å². The number of hydrogen-bond donors (Lipinski definition) is 3. The normalized spacial score (nSPS) is 13.4. The summed E-state index contributed by atoms with van der Waals surface area (Å²) in [5.41, 5.74) is 5.64. The number of hydrogen-bond acceptors (Lipinski definition) is 5. The molecule has 0 saturated carbocycles. The average molecular weight is 547 g/mol. The van der Waals surface area contributed by atoms with E-state index in [9.17, 15) is 4.79 Å². The molecule has 2 heterocycles. The van der Waals surface area contributed by atoms with Gasteiger partial charge in [0.25, 0.3) is 5.91 Å². The van der Waals surface area contributed by atoms with Crippen LogP contribution in [0.4, 0.5) is 22.7 Å². The minimum Gasteiger partial charge on any atom is -0.486 e. The van der Waals surface area contributed by atoms with Crippen LogP contribution in [-0.2, 0) is 6.61 Å². The van der Waals surface area contributed by atoms with Gasteiger partial charge in [0, 0.05) is 31.7 Å². The van der Waals surface area contributed by atoms with E-state index < -0.39 is 0 Å². The van der Waals surface area contributed by atoms with E-state index >= 15 is 0 Å². The smallest absolute Gasteiger partial charge is 0.258 e. The Balaban J connectivity index is 0.000000244. The van der Waals surface area contributed by atoms with Crippen molar-refractivity contribution in [1.82, 2.24) is 0 Å². The highest BCUT2D eigenvalue weighted by Crippen LogP contribution is 2.36. The van der Waals surface area contributed by atoms with Crippen LogP contribution in [0.25, 0.3) is 0 Å². The molecule has 0 saturated heterocycles. The van der Waals surface area contributed by atoms with E-state index in [0.717, 1.165) is 30.0 Å². The van der Waals surface area contributed by atoms with Crippen LogP contribution in [0.15, 0.2) is 91.0 Å². The fourth-order valence-electron chi connectivity index (χ4n) is 4.38. The topological polar surface area (TPSA) is 65.6 Å². The minimum atomic E-state index is -0.146. The molecule has 4 aromatic rings. The fourth-order valence-corrected chi connectivity index (χ4v) is 4.98. The fraction of sp³-hybridized carbons (Fsp3) is 0.167. The van der Waals surface area contributed by atoms with Gasteiger partial charge >= 0.3 is 0 Å². The van der Waals surface area contributed by atoms with Crippen LogP contribution in [-0.4, -0.2) is 32.1 Å². The average Bonchev–Trinajstić information content (AvgIpc) is 2.97. The Bertz CT molecular complexity index is 1370. The van der Waals surface area contributed by atoms with Crippen molar-refractivity contribution in [1.29, 1.82) is 0 Å². The molecule has 0 atom stereocenters. The summed E-state index contributed by atoms with van der Waals surface area (Å²) in [4.78, 5) is 14.8. The molecule has 6 rings (SSSR count). The Hall–Kier alpha value is -3.87. The Morgan fingerprint density at radius 1 is 0.737 bits per heavy atom. The maximum Gasteiger partial charge on any atom is 0.258 e. The molecule has 0 radical (unpaired) electrons. The van der Waals surface area contributed by atoms with E-state index in [4.69, 9.17) is 27.9 Å². The van der Waals surface area contributed by atoms with Crippen molar-refractivity contribution in [2.45, 2.75) is 6.61 Å². The number of carbonyl (C=O) groups excluding carboxylic acids is 1. The Labute approximate surface area is 232 Å². The maximum atomic E-state index is 13.1. The molecule has 4 aromatic carbocycles. The molecule has 0 aliphatic carbocycles. The van der Waals surface area contributed by atoms with Crippen molar-refractivity contribution in [3.8, 4) is 5.75 Å². The highest BCUT2D eigenvalue weighted by Gasteiger charge is 2.24. The van der Waals surface area contributed by atoms with Crippen LogP contribution in [0.2, 0.25) is 10.0 Å². The number of fused-ring (bicyclic) bond motifs is 2. The molecular formula is C30H28Cl2N4O2. The molecule has 8 heteroatoms. The van der Waals surface area contributed by atoms with E-state index in [1.807, 2.05) is 66.7 Å². The second kappa shape index (κ2) is 12.1. The van der Waals surface area contributed by atoms with Gasteiger partial charge in [-0.2, -0.15) is 0 Å². The number of carbonyl (C=O) groups is 1. The summed E-state index contributed by atoms with van der Waals surface area (Å²) < 4.78 is 5.79. The van der Waals surface area contributed by atoms with Crippen molar-refractivity contribution >= 4 is 51.9 Å². The van der Waals surface area contributed by atoms with Crippen LogP contribution in [0.1, 0.15) is 15.9 Å². The third kappa shape index (κ3) is 5.98. The lowest BCUT2D eigenvalue weighted by atomic mass is 10.1. The molecule has 0 unspecified atom stereocenters. The molecule has 0 fully saturated rings. The van der Waals surface area contributed by atoms with Gasteiger partial charge in [0.05, 0.1) is 32.8 Å². The van der Waals surface area contributed by atoms with Gasteiger partial charge in [-0.1, -0.05) is 77.8 Å². The van der Waals surface area contributed by atoms with E-state index in [1.54, 1.807) is 17.0 Å². The molecule has 2 aliphatic heterocycles. The number of anilines is 4. The SMILES string of the molecule is O=C(c1cc(Cl)c(OCc2ccccc2)c(Cl)c1)N1CCNc2ccccc21.c1ccc2c(c1)NCCN2. The molecule has 0 spiro atoms. The molecule has 0 bridgehead atoms. The van der Waals surface area contributed by atoms with E-state index in [1.165, 1.54) is 11.4 Å². The third-order valence-corrected chi connectivity index (χ3v) is 6.81. The first-order chi connectivity index (χ1) is 18.6. The van der Waals surface area contributed by atoms with Gasteiger partial charge in [-0.15, -0.1) is 0 Å². The predicted molar refractivity (Wildman–Crippen MR) is 157 cm³/mol. The van der Waals surface area contributed by atoms with Crippen LogP contribution in [0.5, 0.6) is 5.75 Å². The summed E-state index contributed by atoms with van der Waals surface area (Å²) >= 11 is 12.8. The maximum absolute atomic E-state index is 13.1. The highest BCUT2D eigenvalue weighted by molar-refractivity contribution is 6.38. The zero-order chi connectivity index (χ0) is 26.3. The van der Waals surface area contributed by atoms with Gasteiger partial charge in [0.15, 0.2) is 5.75 Å². The Morgan fingerprint density at radius 2 is 1.29 bits per heavy atom. The summed E-state index contributed by atoms with van der Waals surface area (Å²) in [5.74, 6) is 0.233. The molecule has 6 nitrogen and oxygen atoms in total. The summed E-state index contributed by atoms with van der Waals surface area (Å²) in [7, 11) is 0. The van der Waals surface area contributed by atoms with Crippen LogP contribution >= 0.6 is 23.2 Å². The van der Waals surface area contributed by atoms with E-state index in [2.05, 4.69) is 28.1 Å². The largest absolute Gasteiger partial charge is 0.486 e. The molecule has 3 N–H and O–H groups in total. The monoisotopic (exact) mass is 546 g/mol. The van der Waals surface area contributed by atoms with Gasteiger partial charge < -0.3 is 25.6 Å². The van der Waals surface area contributed by atoms with Crippen molar-refractivity contribution in [3.63, 3.8) is 0 Å². The van der Waals surface area contributed by atoms with Crippen LogP contribution in [0, 0.1) is 0 Å². The number of benzene rings is 4. The lowest BCUT2D eigenvalue weighted by Gasteiger charge is -2.30. The lowest BCUT2D eigenvalue weighted by molar-refractivity contribution is 0.0987.